The van der Waals surface area contributed by atoms with Crippen LogP contribution in [0, 0.1) is 11.8 Å². The first-order valence-electron chi connectivity index (χ1n) is 13.2. The highest BCUT2D eigenvalue weighted by Crippen LogP contribution is 2.43. The molecule has 2 rings (SSSR count). The van der Waals surface area contributed by atoms with Gasteiger partial charge in [-0.3, -0.25) is 9.59 Å². The minimum Gasteiger partial charge on any atom is -0.403 e. The van der Waals surface area contributed by atoms with Gasteiger partial charge in [-0.25, -0.2) is 0 Å². The molecule has 0 aromatic rings. The summed E-state index contributed by atoms with van der Waals surface area (Å²) < 4.78 is 12.4. The van der Waals surface area contributed by atoms with Crippen LogP contribution in [-0.2, 0) is 18.9 Å². The van der Waals surface area contributed by atoms with E-state index < -0.39 is 5.54 Å². The highest BCUT2D eigenvalue weighted by Gasteiger charge is 2.53. The zero-order chi connectivity index (χ0) is 25.9. The molecule has 34 heavy (non-hydrogen) atoms. The molecule has 0 aromatic carbocycles. The predicted molar refractivity (Wildman–Crippen MR) is 139 cm³/mol. The molecule has 8 heteroatoms. The smallest absolute Gasteiger partial charge is 0.403 e. The monoisotopic (exact) mass is 479 g/mol. The molecule has 1 saturated carbocycles. The Morgan fingerprint density at radius 3 is 2.06 bits per heavy atom. The van der Waals surface area contributed by atoms with Gasteiger partial charge in [0, 0.05) is 24.9 Å². The first-order chi connectivity index (χ1) is 15.5. The number of nitrogens with one attached hydrogen (secondary N) is 2. The molecule has 3 unspecified atom stereocenters. The van der Waals surface area contributed by atoms with E-state index in [1.807, 2.05) is 20.8 Å². The van der Waals surface area contributed by atoms with Crippen molar-refractivity contribution in [2.75, 3.05) is 19.6 Å². The summed E-state index contributed by atoms with van der Waals surface area (Å²) in [5.74, 6) is 0.157. The van der Waals surface area contributed by atoms with E-state index >= 15 is 0 Å². The molecule has 0 aromatic heterocycles. The van der Waals surface area contributed by atoms with Crippen molar-refractivity contribution in [3.05, 3.63) is 0 Å². The Bertz CT molecular complexity index is 701. The second kappa shape index (κ2) is 10.9. The molecule has 196 valence electrons. The van der Waals surface area contributed by atoms with E-state index in [4.69, 9.17) is 9.31 Å². The third-order valence-electron chi connectivity index (χ3n) is 8.01. The predicted octanol–water partition coefficient (Wildman–Crippen LogP) is 4.02. The van der Waals surface area contributed by atoms with E-state index in [1.165, 1.54) is 6.92 Å². The molecule has 3 atom stereocenters. The normalized spacial score (nSPS) is 28.7. The Kier molecular flexibility index (Phi) is 9.31. The maximum Gasteiger partial charge on any atom is 0.457 e. The van der Waals surface area contributed by atoms with Gasteiger partial charge in [-0.1, -0.05) is 20.3 Å². The maximum absolute atomic E-state index is 13.8. The summed E-state index contributed by atoms with van der Waals surface area (Å²) in [6, 6.07) is 0. The van der Waals surface area contributed by atoms with Crippen LogP contribution in [0.25, 0.3) is 0 Å². The molecular weight excluding hydrogens is 429 g/mol. The van der Waals surface area contributed by atoms with E-state index in [0.29, 0.717) is 12.3 Å². The number of carbonyl (C=O) groups is 2. The van der Waals surface area contributed by atoms with E-state index in [1.54, 1.807) is 0 Å². The summed E-state index contributed by atoms with van der Waals surface area (Å²) >= 11 is 0. The van der Waals surface area contributed by atoms with Crippen molar-refractivity contribution in [2.24, 2.45) is 11.8 Å². The van der Waals surface area contributed by atoms with Crippen LogP contribution in [0.5, 0.6) is 0 Å². The van der Waals surface area contributed by atoms with Crippen LogP contribution < -0.4 is 10.6 Å². The molecule has 7 nitrogen and oxygen atoms in total. The standard InChI is InChI=1S/C26H50BN3O4/c1-11-30(12-2)18-21-14-13-20(15-16-27-33-24(7,8)25(9,10)34-27)17-26(21,28-19(3)31)22(32)29-23(4,5)6/h20-21H,11-18H2,1-10H3,(H,28,31)(H,29,32). The van der Waals surface area contributed by atoms with Gasteiger partial charge < -0.3 is 24.8 Å². The van der Waals surface area contributed by atoms with E-state index in [0.717, 1.165) is 45.2 Å². The molecule has 2 amide bonds. The fraction of sp³-hybridized carbons (Fsp3) is 0.923. The van der Waals surface area contributed by atoms with Gasteiger partial charge in [0.2, 0.25) is 11.8 Å². The van der Waals surface area contributed by atoms with Crippen molar-refractivity contribution in [1.82, 2.24) is 15.5 Å². The summed E-state index contributed by atoms with van der Waals surface area (Å²) in [5.41, 5.74) is -1.98. The minimum absolute atomic E-state index is 0.0618. The van der Waals surface area contributed by atoms with Gasteiger partial charge in [-0.15, -0.1) is 0 Å². The lowest BCUT2D eigenvalue weighted by Gasteiger charge is -2.48. The first-order valence-corrected chi connectivity index (χ1v) is 13.2. The molecule has 2 aliphatic rings. The van der Waals surface area contributed by atoms with Crippen molar-refractivity contribution >= 4 is 18.9 Å². The van der Waals surface area contributed by atoms with Crippen molar-refractivity contribution in [2.45, 2.75) is 124 Å². The Balaban J connectivity index is 2.25. The SMILES string of the molecule is CCN(CC)CC1CCC(CCB2OC(C)(C)C(C)(C)O2)CC1(NC(C)=O)C(=O)NC(C)(C)C. The maximum atomic E-state index is 13.8. The van der Waals surface area contributed by atoms with Crippen LogP contribution in [0.15, 0.2) is 0 Å². The fourth-order valence-electron chi connectivity index (χ4n) is 5.40. The van der Waals surface area contributed by atoms with E-state index in [-0.39, 0.29) is 41.6 Å². The zero-order valence-electron chi connectivity index (χ0n) is 23.5. The highest BCUT2D eigenvalue weighted by atomic mass is 16.7. The average Bonchev–Trinajstić information content (AvgIpc) is 2.90. The molecule has 0 radical (unpaired) electrons. The van der Waals surface area contributed by atoms with Gasteiger partial charge in [0.25, 0.3) is 0 Å². The fourth-order valence-corrected chi connectivity index (χ4v) is 5.40. The first kappa shape index (κ1) is 29.1. The Hall–Kier alpha value is -1.12. The van der Waals surface area contributed by atoms with Gasteiger partial charge in [0.05, 0.1) is 11.2 Å². The summed E-state index contributed by atoms with van der Waals surface area (Å²) in [7, 11) is -0.239. The Labute approximate surface area is 208 Å². The molecule has 2 fully saturated rings. The third kappa shape index (κ3) is 6.98. The lowest BCUT2D eigenvalue weighted by molar-refractivity contribution is -0.140. The van der Waals surface area contributed by atoms with Crippen LogP contribution in [0.2, 0.25) is 6.32 Å². The number of carbonyl (C=O) groups excluding carboxylic acids is 2. The largest absolute Gasteiger partial charge is 0.457 e. The Morgan fingerprint density at radius 1 is 1.03 bits per heavy atom. The van der Waals surface area contributed by atoms with Gasteiger partial charge in [0.1, 0.15) is 5.54 Å². The van der Waals surface area contributed by atoms with Gasteiger partial charge in [-0.2, -0.15) is 0 Å². The van der Waals surface area contributed by atoms with Crippen molar-refractivity contribution < 1.29 is 18.9 Å². The van der Waals surface area contributed by atoms with Crippen molar-refractivity contribution in [3.63, 3.8) is 0 Å². The van der Waals surface area contributed by atoms with Crippen LogP contribution in [0.3, 0.4) is 0 Å². The van der Waals surface area contributed by atoms with Gasteiger partial charge >= 0.3 is 7.12 Å². The third-order valence-corrected chi connectivity index (χ3v) is 8.01. The quantitative estimate of drug-likeness (QED) is 0.489. The average molecular weight is 480 g/mol. The number of hydrogen-bond acceptors (Lipinski definition) is 5. The molecule has 1 aliphatic heterocycles. The van der Waals surface area contributed by atoms with Crippen LogP contribution in [0.4, 0.5) is 0 Å². The number of rotatable bonds is 9. The van der Waals surface area contributed by atoms with Crippen LogP contribution >= 0.6 is 0 Å². The van der Waals surface area contributed by atoms with Crippen molar-refractivity contribution in [3.8, 4) is 0 Å². The summed E-state index contributed by atoms with van der Waals surface area (Å²) in [6.07, 6.45) is 4.27. The van der Waals surface area contributed by atoms with Gasteiger partial charge in [0.15, 0.2) is 0 Å². The molecule has 1 aliphatic carbocycles. The van der Waals surface area contributed by atoms with Gasteiger partial charge in [-0.05, 0) is 93.1 Å². The molecule has 2 N–H and O–H groups in total. The van der Waals surface area contributed by atoms with E-state index in [2.05, 4.69) is 57.1 Å². The molecule has 0 bridgehead atoms. The second-order valence-corrected chi connectivity index (χ2v) is 12.5. The number of amides is 2. The topological polar surface area (TPSA) is 79.9 Å². The highest BCUT2D eigenvalue weighted by molar-refractivity contribution is 6.45. The molecule has 1 heterocycles. The summed E-state index contributed by atoms with van der Waals surface area (Å²) in [5, 5.41) is 6.36. The lowest BCUT2D eigenvalue weighted by Crippen LogP contribution is -2.68. The summed E-state index contributed by atoms with van der Waals surface area (Å²) in [6.45, 7) is 22.7. The summed E-state index contributed by atoms with van der Waals surface area (Å²) in [4.78, 5) is 28.6. The number of hydrogen-bond donors (Lipinski definition) is 2. The second-order valence-electron chi connectivity index (χ2n) is 12.5. The Morgan fingerprint density at radius 2 is 1.59 bits per heavy atom. The number of nitrogens with zero attached hydrogens (tertiary/aromatic N) is 1. The molecular formula is C26H50BN3O4. The van der Waals surface area contributed by atoms with Crippen molar-refractivity contribution in [1.29, 1.82) is 0 Å². The van der Waals surface area contributed by atoms with E-state index in [9.17, 15) is 9.59 Å². The zero-order valence-corrected chi connectivity index (χ0v) is 23.5. The van der Waals surface area contributed by atoms with Crippen LogP contribution in [0.1, 0.15) is 94.9 Å². The molecule has 1 saturated heterocycles. The lowest BCUT2D eigenvalue weighted by atomic mass is 9.64. The molecule has 0 spiro atoms. The minimum atomic E-state index is -0.916. The van der Waals surface area contributed by atoms with Crippen LogP contribution in [-0.4, -0.2) is 65.7 Å².